The Morgan fingerprint density at radius 3 is 2.78 bits per heavy atom. The minimum Gasteiger partial charge on any atom is -0.465 e. The van der Waals surface area contributed by atoms with Gasteiger partial charge < -0.3 is 15.2 Å². The van der Waals surface area contributed by atoms with Crippen LogP contribution < -0.4 is 5.32 Å². The first kappa shape index (κ1) is 14.7. The van der Waals surface area contributed by atoms with Crippen LogP contribution in [0.25, 0.3) is 0 Å². The second-order valence-corrected chi connectivity index (χ2v) is 4.13. The lowest BCUT2D eigenvalue weighted by molar-refractivity contribution is -0.142. The number of carbonyl (C=O) groups excluding carboxylic acids is 1. The maximum Gasteiger partial charge on any atom is 0.319 e. The third kappa shape index (κ3) is 5.80. The number of aliphatic hydroxyl groups excluding tert-OH is 1. The standard InChI is InChI=1S/C14H21NO3/c1-2-3-9-18-14(17)11-15-10-13(16)12-7-5-4-6-8-12/h4-8,13,15-16H,2-3,9-11H2,1H3. The van der Waals surface area contributed by atoms with Crippen LogP contribution in [-0.4, -0.2) is 30.8 Å². The number of benzene rings is 1. The Morgan fingerprint density at radius 2 is 2.11 bits per heavy atom. The van der Waals surface area contributed by atoms with Crippen LogP contribution in [0, 0.1) is 0 Å². The highest BCUT2D eigenvalue weighted by Crippen LogP contribution is 2.10. The Morgan fingerprint density at radius 1 is 1.39 bits per heavy atom. The number of hydrogen-bond acceptors (Lipinski definition) is 4. The second kappa shape index (κ2) is 8.66. The lowest BCUT2D eigenvalue weighted by Gasteiger charge is -2.11. The van der Waals surface area contributed by atoms with E-state index in [-0.39, 0.29) is 12.5 Å². The van der Waals surface area contributed by atoms with Crippen LogP contribution >= 0.6 is 0 Å². The number of ether oxygens (including phenoxy) is 1. The lowest BCUT2D eigenvalue weighted by atomic mass is 10.1. The molecule has 0 spiro atoms. The molecular formula is C14H21NO3. The van der Waals surface area contributed by atoms with Gasteiger partial charge in [0.1, 0.15) is 0 Å². The average molecular weight is 251 g/mol. The van der Waals surface area contributed by atoms with Gasteiger partial charge in [0, 0.05) is 6.54 Å². The maximum atomic E-state index is 11.3. The molecule has 1 rings (SSSR count). The maximum absolute atomic E-state index is 11.3. The van der Waals surface area contributed by atoms with Crippen molar-refractivity contribution in [3.63, 3.8) is 0 Å². The topological polar surface area (TPSA) is 58.6 Å². The minimum absolute atomic E-state index is 0.133. The summed E-state index contributed by atoms with van der Waals surface area (Å²) in [4.78, 5) is 11.3. The monoisotopic (exact) mass is 251 g/mol. The fourth-order valence-corrected chi connectivity index (χ4v) is 1.49. The summed E-state index contributed by atoms with van der Waals surface area (Å²) >= 11 is 0. The highest BCUT2D eigenvalue weighted by molar-refractivity contribution is 5.71. The van der Waals surface area contributed by atoms with Crippen LogP contribution in [0.2, 0.25) is 0 Å². The summed E-state index contributed by atoms with van der Waals surface area (Å²) in [5.41, 5.74) is 0.837. The predicted molar refractivity (Wildman–Crippen MR) is 70.1 cm³/mol. The molecular weight excluding hydrogens is 230 g/mol. The molecule has 0 bridgehead atoms. The van der Waals surface area contributed by atoms with Crippen LogP contribution in [0.4, 0.5) is 0 Å². The SMILES string of the molecule is CCCCOC(=O)CNCC(O)c1ccccc1. The van der Waals surface area contributed by atoms with Gasteiger partial charge in [0.15, 0.2) is 0 Å². The largest absolute Gasteiger partial charge is 0.465 e. The Labute approximate surface area is 108 Å². The van der Waals surface area contributed by atoms with Crippen molar-refractivity contribution in [2.75, 3.05) is 19.7 Å². The molecule has 1 unspecified atom stereocenters. The van der Waals surface area contributed by atoms with Gasteiger partial charge in [0.05, 0.1) is 19.3 Å². The minimum atomic E-state index is -0.602. The Kier molecular flexibility index (Phi) is 7.06. The number of unbranched alkanes of at least 4 members (excludes halogenated alkanes) is 1. The highest BCUT2D eigenvalue weighted by Gasteiger charge is 2.07. The Bertz CT molecular complexity index is 340. The van der Waals surface area contributed by atoms with E-state index in [2.05, 4.69) is 5.32 Å². The van der Waals surface area contributed by atoms with Crippen molar-refractivity contribution in [2.45, 2.75) is 25.9 Å². The van der Waals surface area contributed by atoms with E-state index >= 15 is 0 Å². The molecule has 0 radical (unpaired) electrons. The molecule has 0 aromatic heterocycles. The van der Waals surface area contributed by atoms with Crippen LogP contribution in [0.5, 0.6) is 0 Å². The normalized spacial score (nSPS) is 12.1. The first-order chi connectivity index (χ1) is 8.74. The number of nitrogens with one attached hydrogen (secondary N) is 1. The zero-order valence-corrected chi connectivity index (χ0v) is 10.8. The predicted octanol–water partition coefficient (Wildman–Crippen LogP) is 1.65. The summed E-state index contributed by atoms with van der Waals surface area (Å²) in [5, 5.41) is 12.7. The molecule has 0 saturated heterocycles. The van der Waals surface area contributed by atoms with Gasteiger partial charge in [0.25, 0.3) is 0 Å². The van der Waals surface area contributed by atoms with E-state index < -0.39 is 6.10 Å². The summed E-state index contributed by atoms with van der Waals surface area (Å²) in [5.74, 6) is -0.274. The molecule has 1 aromatic carbocycles. The summed E-state index contributed by atoms with van der Waals surface area (Å²) in [6, 6.07) is 9.35. The molecule has 100 valence electrons. The van der Waals surface area contributed by atoms with E-state index in [0.717, 1.165) is 18.4 Å². The van der Waals surface area contributed by atoms with Crippen LogP contribution in [0.3, 0.4) is 0 Å². The quantitative estimate of drug-likeness (QED) is 0.545. The van der Waals surface area contributed by atoms with E-state index in [4.69, 9.17) is 4.74 Å². The van der Waals surface area contributed by atoms with Gasteiger partial charge in [0.2, 0.25) is 0 Å². The van der Waals surface area contributed by atoms with E-state index in [9.17, 15) is 9.90 Å². The van der Waals surface area contributed by atoms with E-state index in [1.165, 1.54) is 0 Å². The first-order valence-electron chi connectivity index (χ1n) is 6.33. The number of aliphatic hydroxyl groups is 1. The molecule has 1 aromatic rings. The van der Waals surface area contributed by atoms with E-state index in [0.29, 0.717) is 13.2 Å². The number of hydrogen-bond donors (Lipinski definition) is 2. The van der Waals surface area contributed by atoms with Gasteiger partial charge in [-0.3, -0.25) is 4.79 Å². The second-order valence-electron chi connectivity index (χ2n) is 4.13. The van der Waals surface area contributed by atoms with Crippen molar-refractivity contribution in [3.05, 3.63) is 35.9 Å². The molecule has 4 heteroatoms. The Balaban J connectivity index is 2.16. The molecule has 0 saturated carbocycles. The van der Waals surface area contributed by atoms with Gasteiger partial charge in [-0.2, -0.15) is 0 Å². The molecule has 0 aliphatic carbocycles. The van der Waals surface area contributed by atoms with Crippen molar-refractivity contribution in [2.24, 2.45) is 0 Å². The van der Waals surface area contributed by atoms with Gasteiger partial charge in [-0.15, -0.1) is 0 Å². The van der Waals surface area contributed by atoms with E-state index in [1.54, 1.807) is 0 Å². The van der Waals surface area contributed by atoms with Crippen molar-refractivity contribution in [1.29, 1.82) is 0 Å². The van der Waals surface area contributed by atoms with Crippen molar-refractivity contribution >= 4 is 5.97 Å². The van der Waals surface area contributed by atoms with Crippen molar-refractivity contribution in [1.82, 2.24) is 5.32 Å². The summed E-state index contributed by atoms with van der Waals surface area (Å²) in [6.07, 6.45) is 1.29. The van der Waals surface area contributed by atoms with Crippen molar-refractivity contribution < 1.29 is 14.6 Å². The molecule has 2 N–H and O–H groups in total. The van der Waals surface area contributed by atoms with Gasteiger partial charge in [-0.25, -0.2) is 0 Å². The van der Waals surface area contributed by atoms with Crippen LogP contribution in [0.15, 0.2) is 30.3 Å². The van der Waals surface area contributed by atoms with Gasteiger partial charge in [-0.05, 0) is 12.0 Å². The molecule has 1 atom stereocenters. The third-order valence-electron chi connectivity index (χ3n) is 2.55. The average Bonchev–Trinajstić information content (AvgIpc) is 2.40. The third-order valence-corrected chi connectivity index (χ3v) is 2.55. The molecule has 0 fully saturated rings. The van der Waals surface area contributed by atoms with Crippen molar-refractivity contribution in [3.8, 4) is 0 Å². The summed E-state index contributed by atoms with van der Waals surface area (Å²) in [6.45, 7) is 2.99. The highest BCUT2D eigenvalue weighted by atomic mass is 16.5. The Hall–Kier alpha value is -1.39. The number of carbonyl (C=O) groups is 1. The molecule has 0 aliphatic heterocycles. The van der Waals surface area contributed by atoms with Gasteiger partial charge >= 0.3 is 5.97 Å². The molecule has 0 heterocycles. The zero-order chi connectivity index (χ0) is 13.2. The summed E-state index contributed by atoms with van der Waals surface area (Å²) < 4.78 is 4.99. The van der Waals surface area contributed by atoms with E-state index in [1.807, 2.05) is 37.3 Å². The fourth-order valence-electron chi connectivity index (χ4n) is 1.49. The van der Waals surface area contributed by atoms with Crippen LogP contribution in [0.1, 0.15) is 31.4 Å². The fraction of sp³-hybridized carbons (Fsp3) is 0.500. The zero-order valence-electron chi connectivity index (χ0n) is 10.8. The first-order valence-corrected chi connectivity index (χ1v) is 6.33. The molecule has 0 aliphatic rings. The molecule has 0 amide bonds. The number of rotatable bonds is 8. The lowest BCUT2D eigenvalue weighted by Crippen LogP contribution is -2.29. The summed E-state index contributed by atoms with van der Waals surface area (Å²) in [7, 11) is 0. The number of esters is 1. The molecule has 18 heavy (non-hydrogen) atoms. The molecule has 4 nitrogen and oxygen atoms in total. The smallest absolute Gasteiger partial charge is 0.319 e. The van der Waals surface area contributed by atoms with Gasteiger partial charge in [-0.1, -0.05) is 43.7 Å². The van der Waals surface area contributed by atoms with Crippen LogP contribution in [-0.2, 0) is 9.53 Å².